The number of carbonyl (C=O) groups excluding carboxylic acids is 4. The van der Waals surface area contributed by atoms with E-state index < -0.39 is 22.8 Å². The Balaban J connectivity index is 1.49. The molecular formula is C30H26N6O6. The number of fused-ring (bicyclic) bond motifs is 1. The summed E-state index contributed by atoms with van der Waals surface area (Å²) in [5.74, 6) is -1.86. The van der Waals surface area contributed by atoms with Gasteiger partial charge in [-0.05, 0) is 53.8 Å². The normalized spacial score (nSPS) is 17.0. The van der Waals surface area contributed by atoms with Crippen LogP contribution in [0, 0.1) is 10.1 Å². The van der Waals surface area contributed by atoms with Crippen molar-refractivity contribution in [2.75, 3.05) is 11.9 Å². The second kappa shape index (κ2) is 11.8. The maximum absolute atomic E-state index is 13.2. The molecule has 3 aromatic carbocycles. The average Bonchev–Trinajstić information content (AvgIpc) is 3.46. The number of nitro groups is 1. The summed E-state index contributed by atoms with van der Waals surface area (Å²) in [5.41, 5.74) is 4.19. The molecule has 42 heavy (non-hydrogen) atoms. The monoisotopic (exact) mass is 566 g/mol. The maximum atomic E-state index is 13.2. The second-order valence-corrected chi connectivity index (χ2v) is 9.79. The van der Waals surface area contributed by atoms with Gasteiger partial charge in [0, 0.05) is 36.9 Å². The van der Waals surface area contributed by atoms with Crippen molar-refractivity contribution in [3.05, 3.63) is 105 Å². The number of anilines is 1. The number of aryl methyl sites for hydroxylation is 1. The van der Waals surface area contributed by atoms with Gasteiger partial charge in [-0.1, -0.05) is 36.4 Å². The molecule has 2 aliphatic heterocycles. The summed E-state index contributed by atoms with van der Waals surface area (Å²) in [6.45, 7) is 2.03. The van der Waals surface area contributed by atoms with Gasteiger partial charge in [0.05, 0.1) is 16.3 Å². The van der Waals surface area contributed by atoms with E-state index in [-0.39, 0.29) is 23.2 Å². The Morgan fingerprint density at radius 1 is 1.00 bits per heavy atom. The highest BCUT2D eigenvalue weighted by molar-refractivity contribution is 6.24. The van der Waals surface area contributed by atoms with Crippen molar-refractivity contribution >= 4 is 52.6 Å². The molecule has 1 fully saturated rings. The Labute approximate surface area is 240 Å². The van der Waals surface area contributed by atoms with Crippen molar-refractivity contribution in [2.24, 2.45) is 4.99 Å². The summed E-state index contributed by atoms with van der Waals surface area (Å²) in [6.07, 6.45) is 3.02. The summed E-state index contributed by atoms with van der Waals surface area (Å²) >= 11 is 0. The van der Waals surface area contributed by atoms with Crippen LogP contribution in [0.15, 0.2) is 77.4 Å². The van der Waals surface area contributed by atoms with Crippen molar-refractivity contribution in [3.63, 3.8) is 0 Å². The molecule has 212 valence electrons. The molecule has 5 amide bonds. The second-order valence-electron chi connectivity index (χ2n) is 9.79. The molecule has 12 nitrogen and oxygen atoms in total. The minimum absolute atomic E-state index is 0.0814. The van der Waals surface area contributed by atoms with Crippen LogP contribution in [0.3, 0.4) is 0 Å². The van der Waals surface area contributed by atoms with Crippen molar-refractivity contribution in [2.45, 2.75) is 25.7 Å². The van der Waals surface area contributed by atoms with Crippen LogP contribution in [0.25, 0.3) is 6.08 Å². The van der Waals surface area contributed by atoms with Gasteiger partial charge in [0.1, 0.15) is 11.6 Å². The number of hydrogen-bond acceptors (Lipinski definition) is 7. The van der Waals surface area contributed by atoms with E-state index in [1.165, 1.54) is 31.2 Å². The van der Waals surface area contributed by atoms with Gasteiger partial charge in [-0.15, -0.1) is 0 Å². The molecule has 3 aromatic rings. The van der Waals surface area contributed by atoms with Crippen molar-refractivity contribution < 1.29 is 24.1 Å². The van der Waals surface area contributed by atoms with Gasteiger partial charge in [-0.2, -0.15) is 0 Å². The number of hydrogen-bond donors (Lipinski definition) is 4. The highest BCUT2D eigenvalue weighted by atomic mass is 16.6. The fourth-order valence-electron chi connectivity index (χ4n) is 4.76. The number of nitro benzene ring substituents is 1. The van der Waals surface area contributed by atoms with Crippen LogP contribution in [0.1, 0.15) is 41.5 Å². The molecule has 0 radical (unpaired) electrons. The Kier molecular flexibility index (Phi) is 7.87. The Bertz CT molecular complexity index is 1660. The smallest absolute Gasteiger partial charge is 0.326 e. The van der Waals surface area contributed by atoms with E-state index in [1.54, 1.807) is 24.3 Å². The van der Waals surface area contributed by atoms with Crippen molar-refractivity contribution in [1.29, 1.82) is 0 Å². The van der Waals surface area contributed by atoms with Crippen LogP contribution < -0.4 is 21.3 Å². The van der Waals surface area contributed by atoms with Gasteiger partial charge in [-0.25, -0.2) is 4.79 Å². The van der Waals surface area contributed by atoms with Gasteiger partial charge in [0.2, 0.25) is 11.8 Å². The number of nitrogens with one attached hydrogen (secondary N) is 4. The zero-order valence-corrected chi connectivity index (χ0v) is 22.5. The standard InChI is InChI=1S/C30H26N6O6/c1-17(37)31-14-2-3-18-4-8-20(9-5-18)27(26-23-16-22(36(41)42)12-13-24(23)33-29(26)39)32-21-10-6-19(7-11-21)15-25-28(38)35-30(40)34-25/h4-13,15-16,26H,2-3,14H2,1H3,(H,31,37)(H,33,39)(H2,34,35,38,40). The number of imide groups is 1. The van der Waals surface area contributed by atoms with Gasteiger partial charge in [-0.3, -0.25) is 34.8 Å². The van der Waals surface area contributed by atoms with Gasteiger partial charge >= 0.3 is 6.03 Å². The van der Waals surface area contributed by atoms with Crippen LogP contribution in [-0.2, 0) is 20.8 Å². The highest BCUT2D eigenvalue weighted by Crippen LogP contribution is 2.38. The minimum atomic E-state index is -0.898. The third-order valence-electron chi connectivity index (χ3n) is 6.79. The SMILES string of the molecule is CC(=O)NCCCc1ccc(C(=Nc2ccc(C=C3NC(=O)NC3=O)cc2)C2C(=O)Nc3ccc([N+](=O)[O-])cc32)cc1. The molecule has 12 heteroatoms. The molecule has 0 spiro atoms. The number of carbonyl (C=O) groups is 4. The molecule has 0 aromatic heterocycles. The summed E-state index contributed by atoms with van der Waals surface area (Å²) in [5, 5.41) is 21.6. The first-order valence-electron chi connectivity index (χ1n) is 13.1. The first-order chi connectivity index (χ1) is 20.2. The summed E-state index contributed by atoms with van der Waals surface area (Å²) < 4.78 is 0. The first kappa shape index (κ1) is 27.9. The summed E-state index contributed by atoms with van der Waals surface area (Å²) in [7, 11) is 0. The maximum Gasteiger partial charge on any atom is 0.326 e. The fourth-order valence-corrected chi connectivity index (χ4v) is 4.76. The molecule has 0 aliphatic carbocycles. The number of nitrogens with zero attached hydrogens (tertiary/aromatic N) is 2. The van der Waals surface area contributed by atoms with E-state index in [1.807, 2.05) is 24.3 Å². The molecule has 1 unspecified atom stereocenters. The molecule has 0 bridgehead atoms. The largest absolute Gasteiger partial charge is 0.356 e. The first-order valence-corrected chi connectivity index (χ1v) is 13.1. The van der Waals surface area contributed by atoms with E-state index >= 15 is 0 Å². The number of aliphatic imine (C=N–C) groups is 1. The van der Waals surface area contributed by atoms with Crippen LogP contribution in [0.4, 0.5) is 21.9 Å². The molecule has 4 N–H and O–H groups in total. The van der Waals surface area contributed by atoms with Gasteiger partial charge < -0.3 is 16.0 Å². The summed E-state index contributed by atoms with van der Waals surface area (Å²) in [6, 6.07) is 18.1. The number of rotatable bonds is 9. The molecule has 1 atom stereocenters. The van der Waals surface area contributed by atoms with Gasteiger partial charge in [0.25, 0.3) is 11.6 Å². The van der Waals surface area contributed by atoms with Crippen molar-refractivity contribution in [3.8, 4) is 0 Å². The molecular weight excluding hydrogens is 540 g/mol. The fraction of sp³-hybridized carbons (Fsp3) is 0.167. The number of amides is 5. The lowest BCUT2D eigenvalue weighted by Gasteiger charge is -2.15. The van der Waals surface area contributed by atoms with E-state index in [4.69, 9.17) is 4.99 Å². The topological polar surface area (TPSA) is 172 Å². The third-order valence-corrected chi connectivity index (χ3v) is 6.79. The zero-order chi connectivity index (χ0) is 29.8. The van der Waals surface area contributed by atoms with E-state index in [0.29, 0.717) is 40.3 Å². The lowest BCUT2D eigenvalue weighted by molar-refractivity contribution is -0.384. The number of non-ortho nitro benzene ring substituents is 1. The quantitative estimate of drug-likeness (QED) is 0.0768. The Morgan fingerprint density at radius 3 is 2.38 bits per heavy atom. The van der Waals surface area contributed by atoms with Crippen LogP contribution >= 0.6 is 0 Å². The van der Waals surface area contributed by atoms with Crippen molar-refractivity contribution in [1.82, 2.24) is 16.0 Å². The summed E-state index contributed by atoms with van der Waals surface area (Å²) in [4.78, 5) is 63.4. The van der Waals surface area contributed by atoms with Gasteiger partial charge in [0.15, 0.2) is 0 Å². The molecule has 0 saturated carbocycles. The van der Waals surface area contributed by atoms with Crippen LogP contribution in [0.2, 0.25) is 0 Å². The molecule has 2 heterocycles. The molecule has 1 saturated heterocycles. The Morgan fingerprint density at radius 2 is 1.74 bits per heavy atom. The van der Waals surface area contributed by atoms with Crippen LogP contribution in [-0.4, -0.2) is 40.9 Å². The van der Waals surface area contributed by atoms with Crippen LogP contribution in [0.5, 0.6) is 0 Å². The highest BCUT2D eigenvalue weighted by Gasteiger charge is 2.36. The third kappa shape index (κ3) is 6.22. The zero-order valence-electron chi connectivity index (χ0n) is 22.5. The average molecular weight is 567 g/mol. The molecule has 5 rings (SSSR count). The Hall–Kier alpha value is -5.65. The van der Waals surface area contributed by atoms with E-state index in [0.717, 1.165) is 18.4 Å². The number of urea groups is 1. The lowest BCUT2D eigenvalue weighted by atomic mass is 9.89. The lowest BCUT2D eigenvalue weighted by Crippen LogP contribution is -2.22. The predicted molar refractivity (Wildman–Crippen MR) is 155 cm³/mol. The number of benzene rings is 3. The van der Waals surface area contributed by atoms with E-state index in [2.05, 4.69) is 21.3 Å². The molecule has 2 aliphatic rings. The predicted octanol–water partition coefficient (Wildman–Crippen LogP) is 3.70. The minimum Gasteiger partial charge on any atom is -0.356 e. The van der Waals surface area contributed by atoms with E-state index in [9.17, 15) is 29.3 Å².